The summed E-state index contributed by atoms with van der Waals surface area (Å²) in [4.78, 5) is 0. The molecule has 2 heteroatoms. The van der Waals surface area contributed by atoms with Crippen molar-refractivity contribution in [1.29, 1.82) is 0 Å². The van der Waals surface area contributed by atoms with Gasteiger partial charge < -0.3 is 10.8 Å². The zero-order valence-corrected chi connectivity index (χ0v) is 5.67. The zero-order chi connectivity index (χ0) is 8.27. The summed E-state index contributed by atoms with van der Waals surface area (Å²) in [5.41, 5.74) is 6.93. The molecule has 1 aromatic carbocycles. The van der Waals surface area contributed by atoms with Crippen LogP contribution >= 0.6 is 0 Å². The van der Waals surface area contributed by atoms with Crippen LogP contribution in [0.15, 0.2) is 24.2 Å². The van der Waals surface area contributed by atoms with E-state index in [0.29, 0.717) is 18.2 Å². The van der Waals surface area contributed by atoms with Crippen LogP contribution in [0.4, 0.5) is 0 Å². The van der Waals surface area contributed by atoms with Crippen LogP contribution in [0, 0.1) is 0 Å². The lowest BCUT2D eigenvalue weighted by atomic mass is 10.1. The van der Waals surface area contributed by atoms with Crippen LogP contribution in [0.5, 0.6) is 0 Å². The molecule has 0 aliphatic heterocycles. The van der Waals surface area contributed by atoms with Gasteiger partial charge in [0.2, 0.25) is 0 Å². The van der Waals surface area contributed by atoms with Gasteiger partial charge in [-0.05, 0) is 11.1 Å². The predicted molar refractivity (Wildman–Crippen MR) is 40.3 cm³/mol. The number of benzene rings is 1. The van der Waals surface area contributed by atoms with E-state index in [0.717, 1.165) is 5.56 Å². The molecule has 0 aromatic heterocycles. The maximum absolute atomic E-state index is 8.73. The fourth-order valence-corrected chi connectivity index (χ4v) is 0.715. The number of hydrogen-bond acceptors (Lipinski definition) is 2. The van der Waals surface area contributed by atoms with Crippen molar-refractivity contribution in [1.82, 2.24) is 0 Å². The van der Waals surface area contributed by atoms with Gasteiger partial charge in [0.15, 0.2) is 0 Å². The molecule has 0 unspecified atom stereocenters. The minimum atomic E-state index is -0.0797. The molecule has 3 N–H and O–H groups in total. The van der Waals surface area contributed by atoms with Crippen LogP contribution in [0.3, 0.4) is 0 Å². The molecule has 54 valence electrons. The molecule has 0 aliphatic carbocycles. The Kier molecular flexibility index (Phi) is 1.97. The molecule has 10 heavy (non-hydrogen) atoms. The quantitative estimate of drug-likeness (QED) is 0.630. The summed E-state index contributed by atoms with van der Waals surface area (Å²) < 4.78 is 7.40. The Hall–Kier alpha value is -0.860. The molecule has 1 aromatic rings. The van der Waals surface area contributed by atoms with Crippen molar-refractivity contribution in [3.63, 3.8) is 0 Å². The van der Waals surface area contributed by atoms with Crippen molar-refractivity contribution in [2.75, 3.05) is 0 Å². The standard InChI is InChI=1S/C8H11NO/c9-5-7-1-3-8(6-10)4-2-7/h1-4,10H,5-6,9H2/i3D. The van der Waals surface area contributed by atoms with E-state index in [2.05, 4.69) is 0 Å². The molecule has 0 fully saturated rings. The van der Waals surface area contributed by atoms with Crippen LogP contribution < -0.4 is 5.73 Å². The molecule has 1 rings (SSSR count). The predicted octanol–water partition coefficient (Wildman–Crippen LogP) is 0.638. The molecule has 0 saturated heterocycles. The summed E-state index contributed by atoms with van der Waals surface area (Å²) in [6.45, 7) is 0.362. The number of rotatable bonds is 2. The highest BCUT2D eigenvalue weighted by atomic mass is 16.3. The first-order chi connectivity index (χ1) is 5.27. The minimum absolute atomic E-state index is 0.0797. The van der Waals surface area contributed by atoms with E-state index >= 15 is 0 Å². The lowest BCUT2D eigenvalue weighted by Gasteiger charge is -1.97. The highest BCUT2D eigenvalue weighted by Crippen LogP contribution is 2.02. The van der Waals surface area contributed by atoms with E-state index in [4.69, 9.17) is 12.2 Å². The molecular weight excluding hydrogens is 126 g/mol. The second kappa shape index (κ2) is 3.34. The Morgan fingerprint density at radius 1 is 1.40 bits per heavy atom. The average molecular weight is 138 g/mol. The topological polar surface area (TPSA) is 46.2 Å². The summed E-state index contributed by atoms with van der Waals surface area (Å²) in [6, 6.07) is 5.58. The molecule has 0 heterocycles. The number of hydrogen-bond donors (Lipinski definition) is 2. The summed E-state index contributed by atoms with van der Waals surface area (Å²) >= 11 is 0. The minimum Gasteiger partial charge on any atom is -0.392 e. The average Bonchev–Trinajstić information content (AvgIpc) is 2.04. The van der Waals surface area contributed by atoms with Gasteiger partial charge >= 0.3 is 0 Å². The van der Waals surface area contributed by atoms with Crippen molar-refractivity contribution in [2.45, 2.75) is 13.2 Å². The molecule has 0 aliphatic rings. The van der Waals surface area contributed by atoms with Gasteiger partial charge in [-0.3, -0.25) is 0 Å². The Balaban J connectivity index is 2.99. The van der Waals surface area contributed by atoms with Crippen molar-refractivity contribution < 1.29 is 6.48 Å². The lowest BCUT2D eigenvalue weighted by molar-refractivity contribution is 0.282. The van der Waals surface area contributed by atoms with Crippen LogP contribution in [0.25, 0.3) is 0 Å². The van der Waals surface area contributed by atoms with Crippen molar-refractivity contribution in [3.8, 4) is 0 Å². The highest BCUT2D eigenvalue weighted by molar-refractivity contribution is 5.21. The first-order valence-electron chi connectivity index (χ1n) is 3.67. The monoisotopic (exact) mass is 138 g/mol. The second-order valence-electron chi connectivity index (χ2n) is 2.08. The third-order valence-corrected chi connectivity index (χ3v) is 1.35. The largest absolute Gasteiger partial charge is 0.392 e. The molecule has 0 atom stereocenters. The van der Waals surface area contributed by atoms with E-state index in [9.17, 15) is 0 Å². The van der Waals surface area contributed by atoms with Crippen LogP contribution in [0.2, 0.25) is 0 Å². The third-order valence-electron chi connectivity index (χ3n) is 1.35. The molecule has 0 radical (unpaired) electrons. The first-order valence-corrected chi connectivity index (χ1v) is 3.17. The third kappa shape index (κ3) is 1.56. The number of aliphatic hydroxyl groups is 1. The van der Waals surface area contributed by atoms with Crippen molar-refractivity contribution >= 4 is 0 Å². The molecule has 0 spiro atoms. The van der Waals surface area contributed by atoms with Gasteiger partial charge in [-0.1, -0.05) is 24.2 Å². The molecular formula is C8H11NO. The maximum atomic E-state index is 8.73. The lowest BCUT2D eigenvalue weighted by Crippen LogP contribution is -1.95. The zero-order valence-electron chi connectivity index (χ0n) is 6.67. The molecule has 0 saturated carbocycles. The maximum Gasteiger partial charge on any atom is 0.0681 e. The van der Waals surface area contributed by atoms with Crippen LogP contribution in [-0.2, 0) is 13.2 Å². The Morgan fingerprint density at radius 2 is 2.10 bits per heavy atom. The van der Waals surface area contributed by atoms with Gasteiger partial charge in [0.1, 0.15) is 0 Å². The fraction of sp³-hybridized carbons (Fsp3) is 0.250. The number of aliphatic hydroxyl groups excluding tert-OH is 1. The summed E-state index contributed by atoms with van der Waals surface area (Å²) in [7, 11) is 0. The Labute approximate surface area is 61.7 Å². The fourth-order valence-electron chi connectivity index (χ4n) is 0.715. The normalized spacial score (nSPS) is 11.2. The summed E-state index contributed by atoms with van der Waals surface area (Å²) in [5.74, 6) is 0. The molecule has 2 nitrogen and oxygen atoms in total. The van der Waals surface area contributed by atoms with Gasteiger partial charge in [0, 0.05) is 6.54 Å². The van der Waals surface area contributed by atoms with E-state index < -0.39 is 0 Å². The first kappa shape index (κ1) is 5.89. The molecule has 0 bridgehead atoms. The van der Waals surface area contributed by atoms with Crippen molar-refractivity contribution in [2.24, 2.45) is 5.73 Å². The van der Waals surface area contributed by atoms with Crippen LogP contribution in [0.1, 0.15) is 12.5 Å². The summed E-state index contributed by atoms with van der Waals surface area (Å²) in [5, 5.41) is 8.73. The smallest absolute Gasteiger partial charge is 0.0681 e. The number of nitrogens with two attached hydrogens (primary N) is 1. The Bertz CT molecular complexity index is 250. The van der Waals surface area contributed by atoms with E-state index in [-0.39, 0.29) is 6.61 Å². The molecule has 0 amide bonds. The van der Waals surface area contributed by atoms with Gasteiger partial charge in [-0.15, -0.1) is 0 Å². The summed E-state index contributed by atoms with van der Waals surface area (Å²) in [6.07, 6.45) is 0. The Morgan fingerprint density at radius 3 is 2.60 bits per heavy atom. The second-order valence-corrected chi connectivity index (χ2v) is 2.08. The van der Waals surface area contributed by atoms with Gasteiger partial charge in [-0.25, -0.2) is 0 Å². The van der Waals surface area contributed by atoms with E-state index in [1.54, 1.807) is 12.1 Å². The van der Waals surface area contributed by atoms with Gasteiger partial charge in [0.25, 0.3) is 0 Å². The SMILES string of the molecule is [2H]c1cc(CN)ccc1CO. The van der Waals surface area contributed by atoms with E-state index in [1.165, 1.54) is 0 Å². The van der Waals surface area contributed by atoms with Gasteiger partial charge in [0.05, 0.1) is 7.98 Å². The highest BCUT2D eigenvalue weighted by Gasteiger charge is 1.89. The van der Waals surface area contributed by atoms with E-state index in [1.807, 2.05) is 6.07 Å². The van der Waals surface area contributed by atoms with Gasteiger partial charge in [-0.2, -0.15) is 0 Å². The van der Waals surface area contributed by atoms with Crippen LogP contribution in [-0.4, -0.2) is 5.11 Å². The van der Waals surface area contributed by atoms with Crippen molar-refractivity contribution in [3.05, 3.63) is 35.4 Å².